The van der Waals surface area contributed by atoms with Crippen molar-refractivity contribution in [2.75, 3.05) is 11.9 Å². The van der Waals surface area contributed by atoms with Crippen molar-refractivity contribution in [3.8, 4) is 5.75 Å². The molecule has 1 aromatic carbocycles. The van der Waals surface area contributed by atoms with E-state index in [0.29, 0.717) is 12.6 Å². The maximum Gasteiger partial charge on any atom is 0.142 e. The molecule has 2 nitrogen and oxygen atoms in total. The standard InChI is InChI=1S/C16H27NO/c1-6-18-16-11-13(4)8-10-15(16)17-14(5)9-7-12(2)3/h8,10-12,14,17H,6-7,9H2,1-5H3. The van der Waals surface area contributed by atoms with Crippen LogP contribution in [-0.2, 0) is 0 Å². The van der Waals surface area contributed by atoms with Crippen molar-refractivity contribution in [2.24, 2.45) is 5.92 Å². The fraction of sp³-hybridized carbons (Fsp3) is 0.625. The molecule has 0 fully saturated rings. The lowest BCUT2D eigenvalue weighted by molar-refractivity contribution is 0.341. The first-order valence-corrected chi connectivity index (χ1v) is 7.03. The molecule has 0 bridgehead atoms. The summed E-state index contributed by atoms with van der Waals surface area (Å²) in [6, 6.07) is 6.82. The summed E-state index contributed by atoms with van der Waals surface area (Å²) in [6.45, 7) is 11.6. The van der Waals surface area contributed by atoms with Crippen LogP contribution in [0, 0.1) is 12.8 Å². The average molecular weight is 249 g/mol. The van der Waals surface area contributed by atoms with E-state index in [1.807, 2.05) is 6.92 Å². The molecule has 1 unspecified atom stereocenters. The van der Waals surface area contributed by atoms with Crippen LogP contribution < -0.4 is 10.1 Å². The summed E-state index contributed by atoms with van der Waals surface area (Å²) in [4.78, 5) is 0. The molecule has 0 aliphatic carbocycles. The molecular formula is C16H27NO. The first-order chi connectivity index (χ1) is 8.52. The minimum Gasteiger partial charge on any atom is -0.492 e. The summed E-state index contributed by atoms with van der Waals surface area (Å²) in [5.41, 5.74) is 2.34. The van der Waals surface area contributed by atoms with E-state index in [9.17, 15) is 0 Å². The third kappa shape index (κ3) is 4.99. The van der Waals surface area contributed by atoms with Gasteiger partial charge in [-0.2, -0.15) is 0 Å². The van der Waals surface area contributed by atoms with Gasteiger partial charge in [0.15, 0.2) is 0 Å². The Balaban J connectivity index is 2.64. The van der Waals surface area contributed by atoms with Gasteiger partial charge in [-0.3, -0.25) is 0 Å². The van der Waals surface area contributed by atoms with Gasteiger partial charge in [0.1, 0.15) is 5.75 Å². The average Bonchev–Trinajstić information content (AvgIpc) is 2.30. The van der Waals surface area contributed by atoms with Crippen LogP contribution in [0.4, 0.5) is 5.69 Å². The molecule has 0 spiro atoms. The van der Waals surface area contributed by atoms with Gasteiger partial charge in [-0.05, 0) is 57.2 Å². The molecule has 0 saturated heterocycles. The highest BCUT2D eigenvalue weighted by atomic mass is 16.5. The van der Waals surface area contributed by atoms with Gasteiger partial charge >= 0.3 is 0 Å². The minimum absolute atomic E-state index is 0.481. The third-order valence-electron chi connectivity index (χ3n) is 3.02. The monoisotopic (exact) mass is 249 g/mol. The lowest BCUT2D eigenvalue weighted by atomic mass is 10.0. The number of anilines is 1. The Morgan fingerprint density at radius 2 is 1.89 bits per heavy atom. The zero-order valence-electron chi connectivity index (χ0n) is 12.4. The van der Waals surface area contributed by atoms with Crippen molar-refractivity contribution in [1.82, 2.24) is 0 Å². The molecule has 102 valence electrons. The highest BCUT2D eigenvalue weighted by Crippen LogP contribution is 2.27. The second-order valence-corrected chi connectivity index (χ2v) is 5.45. The lowest BCUT2D eigenvalue weighted by Crippen LogP contribution is -2.16. The van der Waals surface area contributed by atoms with Crippen molar-refractivity contribution in [1.29, 1.82) is 0 Å². The summed E-state index contributed by atoms with van der Waals surface area (Å²) in [7, 11) is 0. The summed E-state index contributed by atoms with van der Waals surface area (Å²) >= 11 is 0. The zero-order chi connectivity index (χ0) is 13.5. The van der Waals surface area contributed by atoms with E-state index < -0.39 is 0 Å². The Kier molecular flexibility index (Phi) is 6.03. The Bertz CT molecular complexity index is 360. The molecule has 0 heterocycles. The number of benzene rings is 1. The van der Waals surface area contributed by atoms with E-state index in [2.05, 4.69) is 51.2 Å². The fourth-order valence-electron chi connectivity index (χ4n) is 1.94. The molecule has 0 aromatic heterocycles. The lowest BCUT2D eigenvalue weighted by Gasteiger charge is -2.19. The van der Waals surface area contributed by atoms with E-state index in [0.717, 1.165) is 17.4 Å². The van der Waals surface area contributed by atoms with Gasteiger partial charge in [0, 0.05) is 6.04 Å². The van der Waals surface area contributed by atoms with Gasteiger partial charge in [0.25, 0.3) is 0 Å². The third-order valence-corrected chi connectivity index (χ3v) is 3.02. The second kappa shape index (κ2) is 7.30. The quantitative estimate of drug-likeness (QED) is 0.760. The molecule has 0 aliphatic rings. The van der Waals surface area contributed by atoms with Gasteiger partial charge < -0.3 is 10.1 Å². The van der Waals surface area contributed by atoms with Crippen LogP contribution in [0.1, 0.15) is 46.1 Å². The largest absolute Gasteiger partial charge is 0.492 e. The summed E-state index contributed by atoms with van der Waals surface area (Å²) < 4.78 is 5.68. The molecule has 0 amide bonds. The Morgan fingerprint density at radius 1 is 1.17 bits per heavy atom. The van der Waals surface area contributed by atoms with Gasteiger partial charge in [0.05, 0.1) is 12.3 Å². The van der Waals surface area contributed by atoms with Gasteiger partial charge in [-0.25, -0.2) is 0 Å². The zero-order valence-corrected chi connectivity index (χ0v) is 12.4. The fourth-order valence-corrected chi connectivity index (χ4v) is 1.94. The molecule has 1 aromatic rings. The minimum atomic E-state index is 0.481. The van der Waals surface area contributed by atoms with Gasteiger partial charge in [-0.1, -0.05) is 19.9 Å². The Hall–Kier alpha value is -1.18. The molecule has 1 N–H and O–H groups in total. The van der Waals surface area contributed by atoms with E-state index in [1.165, 1.54) is 18.4 Å². The van der Waals surface area contributed by atoms with Crippen LogP contribution >= 0.6 is 0 Å². The van der Waals surface area contributed by atoms with Crippen LogP contribution in [-0.4, -0.2) is 12.6 Å². The van der Waals surface area contributed by atoms with Crippen LogP contribution in [0.2, 0.25) is 0 Å². The van der Waals surface area contributed by atoms with E-state index >= 15 is 0 Å². The van der Waals surface area contributed by atoms with E-state index in [1.54, 1.807) is 0 Å². The maximum absolute atomic E-state index is 5.68. The predicted octanol–water partition coefficient (Wildman–Crippen LogP) is 4.63. The summed E-state index contributed by atoms with van der Waals surface area (Å²) in [6.07, 6.45) is 2.45. The van der Waals surface area contributed by atoms with E-state index in [-0.39, 0.29) is 0 Å². The Labute approximate surface area is 112 Å². The second-order valence-electron chi connectivity index (χ2n) is 5.45. The summed E-state index contributed by atoms with van der Waals surface area (Å²) in [5, 5.41) is 3.55. The van der Waals surface area contributed by atoms with Gasteiger partial charge in [0.2, 0.25) is 0 Å². The number of hydrogen-bond donors (Lipinski definition) is 1. The molecule has 0 radical (unpaired) electrons. The molecule has 0 saturated carbocycles. The van der Waals surface area contributed by atoms with Gasteiger partial charge in [-0.15, -0.1) is 0 Å². The van der Waals surface area contributed by atoms with Crippen LogP contribution in [0.15, 0.2) is 18.2 Å². The maximum atomic E-state index is 5.68. The summed E-state index contributed by atoms with van der Waals surface area (Å²) in [5.74, 6) is 1.73. The molecular weight excluding hydrogens is 222 g/mol. The number of aryl methyl sites for hydroxylation is 1. The molecule has 1 rings (SSSR count). The molecule has 2 heteroatoms. The first-order valence-electron chi connectivity index (χ1n) is 7.03. The Morgan fingerprint density at radius 3 is 2.50 bits per heavy atom. The molecule has 18 heavy (non-hydrogen) atoms. The smallest absolute Gasteiger partial charge is 0.142 e. The van der Waals surface area contributed by atoms with Crippen molar-refractivity contribution < 1.29 is 4.74 Å². The van der Waals surface area contributed by atoms with Crippen molar-refractivity contribution in [2.45, 2.75) is 53.5 Å². The van der Waals surface area contributed by atoms with E-state index in [4.69, 9.17) is 4.74 Å². The molecule has 1 atom stereocenters. The van der Waals surface area contributed by atoms with Crippen molar-refractivity contribution in [3.63, 3.8) is 0 Å². The van der Waals surface area contributed by atoms with Crippen LogP contribution in [0.3, 0.4) is 0 Å². The van der Waals surface area contributed by atoms with Crippen molar-refractivity contribution >= 4 is 5.69 Å². The number of ether oxygens (including phenoxy) is 1. The highest BCUT2D eigenvalue weighted by Gasteiger charge is 2.08. The number of rotatable bonds is 7. The van der Waals surface area contributed by atoms with Crippen LogP contribution in [0.25, 0.3) is 0 Å². The van der Waals surface area contributed by atoms with Crippen molar-refractivity contribution in [3.05, 3.63) is 23.8 Å². The number of nitrogens with one attached hydrogen (secondary N) is 1. The first kappa shape index (κ1) is 14.9. The topological polar surface area (TPSA) is 21.3 Å². The molecule has 0 aliphatic heterocycles. The normalized spacial score (nSPS) is 12.6. The predicted molar refractivity (Wildman–Crippen MR) is 79.5 cm³/mol. The SMILES string of the molecule is CCOc1cc(C)ccc1NC(C)CCC(C)C. The number of hydrogen-bond acceptors (Lipinski definition) is 2. The van der Waals surface area contributed by atoms with Crippen LogP contribution in [0.5, 0.6) is 5.75 Å². The highest BCUT2D eigenvalue weighted by molar-refractivity contribution is 5.58.